The quantitative estimate of drug-likeness (QED) is 0.506. The number of carbonyl (C=O) groups excluding carboxylic acids is 1. The Morgan fingerprint density at radius 3 is 2.53 bits per heavy atom. The molecule has 0 spiro atoms. The van der Waals surface area contributed by atoms with Crippen molar-refractivity contribution in [1.29, 1.82) is 0 Å². The van der Waals surface area contributed by atoms with Crippen LogP contribution in [0.3, 0.4) is 0 Å². The molecule has 1 aromatic carbocycles. The predicted octanol–water partition coefficient (Wildman–Crippen LogP) is 0.851. The van der Waals surface area contributed by atoms with Gasteiger partial charge >= 0.3 is 0 Å². The molecular weight excluding hydrogens is 194 g/mol. The number of benzene rings is 1. The maximum Gasteiger partial charge on any atom is 0.258 e. The third kappa shape index (κ3) is 2.64. The first-order chi connectivity index (χ1) is 7.16. The molecule has 0 aliphatic heterocycles. The van der Waals surface area contributed by atoms with Gasteiger partial charge in [-0.15, -0.1) is 12.3 Å². The van der Waals surface area contributed by atoms with Crippen LogP contribution in [0.4, 0.5) is 0 Å². The van der Waals surface area contributed by atoms with Crippen molar-refractivity contribution in [3.63, 3.8) is 0 Å². The van der Waals surface area contributed by atoms with Crippen molar-refractivity contribution in [1.82, 2.24) is 5.32 Å². The SMILES string of the molecule is C#CCCNC(=O)c1c(O)cccc1O. The van der Waals surface area contributed by atoms with E-state index in [1.165, 1.54) is 18.2 Å². The average Bonchev–Trinajstić information content (AvgIpc) is 2.18. The van der Waals surface area contributed by atoms with Crippen LogP contribution >= 0.6 is 0 Å². The van der Waals surface area contributed by atoms with E-state index in [-0.39, 0.29) is 17.1 Å². The topological polar surface area (TPSA) is 69.6 Å². The van der Waals surface area contributed by atoms with Gasteiger partial charge in [0.05, 0.1) is 0 Å². The molecule has 0 unspecified atom stereocenters. The Hall–Kier alpha value is -2.15. The number of rotatable bonds is 3. The Morgan fingerprint density at radius 2 is 2.00 bits per heavy atom. The Bertz CT molecular complexity index is 387. The van der Waals surface area contributed by atoms with Crippen molar-refractivity contribution < 1.29 is 15.0 Å². The molecule has 3 N–H and O–H groups in total. The van der Waals surface area contributed by atoms with Crippen LogP contribution in [0.2, 0.25) is 0 Å². The van der Waals surface area contributed by atoms with Crippen molar-refractivity contribution in [3.05, 3.63) is 23.8 Å². The van der Waals surface area contributed by atoms with Crippen LogP contribution < -0.4 is 5.32 Å². The molecule has 4 nitrogen and oxygen atoms in total. The maximum absolute atomic E-state index is 11.5. The fourth-order valence-electron chi connectivity index (χ4n) is 1.10. The van der Waals surface area contributed by atoms with Gasteiger partial charge in [0.15, 0.2) is 0 Å². The number of nitrogens with one attached hydrogen (secondary N) is 1. The molecule has 1 aromatic rings. The molecule has 0 atom stereocenters. The molecule has 0 saturated heterocycles. The molecule has 1 rings (SSSR count). The lowest BCUT2D eigenvalue weighted by Crippen LogP contribution is -2.24. The Morgan fingerprint density at radius 1 is 1.40 bits per heavy atom. The van der Waals surface area contributed by atoms with Crippen LogP contribution in [-0.4, -0.2) is 22.7 Å². The van der Waals surface area contributed by atoms with Crippen LogP contribution in [0.5, 0.6) is 11.5 Å². The smallest absolute Gasteiger partial charge is 0.258 e. The van der Waals surface area contributed by atoms with Crippen LogP contribution in [0.15, 0.2) is 18.2 Å². The first kappa shape index (κ1) is 10.9. The first-order valence-corrected chi connectivity index (χ1v) is 4.39. The monoisotopic (exact) mass is 205 g/mol. The van der Waals surface area contributed by atoms with Gasteiger partial charge < -0.3 is 15.5 Å². The fourth-order valence-corrected chi connectivity index (χ4v) is 1.10. The van der Waals surface area contributed by atoms with Crippen molar-refractivity contribution in [2.45, 2.75) is 6.42 Å². The molecular formula is C11H11NO3. The number of terminal acetylenes is 1. The normalized spacial score (nSPS) is 9.27. The zero-order chi connectivity index (χ0) is 11.3. The summed E-state index contributed by atoms with van der Waals surface area (Å²) in [5, 5.41) is 21.2. The number of phenols is 2. The molecule has 0 aliphatic carbocycles. The molecule has 0 heterocycles. The molecule has 0 radical (unpaired) electrons. The van der Waals surface area contributed by atoms with Crippen LogP contribution in [0.1, 0.15) is 16.8 Å². The maximum atomic E-state index is 11.5. The minimum Gasteiger partial charge on any atom is -0.507 e. The van der Waals surface area contributed by atoms with Crippen molar-refractivity contribution >= 4 is 5.91 Å². The van der Waals surface area contributed by atoms with E-state index in [4.69, 9.17) is 6.42 Å². The van der Waals surface area contributed by atoms with Crippen LogP contribution in [-0.2, 0) is 0 Å². The summed E-state index contributed by atoms with van der Waals surface area (Å²) in [4.78, 5) is 11.5. The predicted molar refractivity (Wildman–Crippen MR) is 55.6 cm³/mol. The molecule has 1 amide bonds. The highest BCUT2D eigenvalue weighted by Crippen LogP contribution is 2.25. The van der Waals surface area contributed by atoms with Crippen molar-refractivity contribution in [3.8, 4) is 23.8 Å². The van der Waals surface area contributed by atoms with Gasteiger partial charge in [0.2, 0.25) is 0 Å². The highest BCUT2D eigenvalue weighted by atomic mass is 16.3. The number of aromatic hydroxyl groups is 2. The largest absolute Gasteiger partial charge is 0.507 e. The Labute approximate surface area is 87.6 Å². The van der Waals surface area contributed by atoms with Crippen LogP contribution in [0, 0.1) is 12.3 Å². The summed E-state index contributed by atoms with van der Waals surface area (Å²) in [5.74, 6) is 1.31. The van der Waals surface area contributed by atoms with E-state index in [1.54, 1.807) is 0 Å². The van der Waals surface area contributed by atoms with Gasteiger partial charge in [0.25, 0.3) is 5.91 Å². The van der Waals surface area contributed by atoms with E-state index in [0.717, 1.165) is 0 Å². The van der Waals surface area contributed by atoms with E-state index in [0.29, 0.717) is 13.0 Å². The molecule has 0 saturated carbocycles. The van der Waals surface area contributed by atoms with E-state index >= 15 is 0 Å². The standard InChI is InChI=1S/C11H11NO3/c1-2-3-7-12-11(15)10-8(13)5-4-6-9(10)14/h1,4-6,13-14H,3,7H2,(H,12,15). The van der Waals surface area contributed by atoms with Gasteiger partial charge in [-0.3, -0.25) is 4.79 Å². The lowest BCUT2D eigenvalue weighted by molar-refractivity contribution is 0.0949. The zero-order valence-electron chi connectivity index (χ0n) is 8.03. The van der Waals surface area contributed by atoms with E-state index < -0.39 is 5.91 Å². The summed E-state index contributed by atoms with van der Waals surface area (Å²) < 4.78 is 0. The summed E-state index contributed by atoms with van der Waals surface area (Å²) in [6, 6.07) is 4.11. The van der Waals surface area contributed by atoms with Gasteiger partial charge in [-0.05, 0) is 12.1 Å². The molecule has 15 heavy (non-hydrogen) atoms. The second-order valence-electron chi connectivity index (χ2n) is 2.88. The molecule has 0 aromatic heterocycles. The summed E-state index contributed by atoms with van der Waals surface area (Å²) in [6.45, 7) is 0.309. The minimum absolute atomic E-state index is 0.130. The Kier molecular flexibility index (Phi) is 3.58. The van der Waals surface area contributed by atoms with Crippen molar-refractivity contribution in [2.24, 2.45) is 0 Å². The first-order valence-electron chi connectivity index (χ1n) is 4.39. The summed E-state index contributed by atoms with van der Waals surface area (Å²) in [7, 11) is 0. The number of hydrogen-bond acceptors (Lipinski definition) is 3. The second-order valence-corrected chi connectivity index (χ2v) is 2.88. The minimum atomic E-state index is -0.541. The summed E-state index contributed by atoms with van der Waals surface area (Å²) in [6.07, 6.45) is 5.42. The third-order valence-electron chi connectivity index (χ3n) is 1.80. The molecule has 0 bridgehead atoms. The highest BCUT2D eigenvalue weighted by Gasteiger charge is 2.14. The Balaban J connectivity index is 2.78. The van der Waals surface area contributed by atoms with E-state index in [9.17, 15) is 15.0 Å². The third-order valence-corrected chi connectivity index (χ3v) is 1.80. The lowest BCUT2D eigenvalue weighted by Gasteiger charge is -2.06. The fraction of sp³-hybridized carbons (Fsp3) is 0.182. The summed E-state index contributed by atoms with van der Waals surface area (Å²) >= 11 is 0. The molecule has 78 valence electrons. The van der Waals surface area contributed by atoms with E-state index in [2.05, 4.69) is 11.2 Å². The zero-order valence-corrected chi connectivity index (χ0v) is 8.03. The van der Waals surface area contributed by atoms with Crippen LogP contribution in [0.25, 0.3) is 0 Å². The van der Waals surface area contributed by atoms with Gasteiger partial charge in [-0.2, -0.15) is 0 Å². The van der Waals surface area contributed by atoms with Gasteiger partial charge in [0.1, 0.15) is 17.1 Å². The summed E-state index contributed by atoms with van der Waals surface area (Å²) in [5.41, 5.74) is -0.130. The number of carbonyl (C=O) groups is 1. The number of hydrogen-bond donors (Lipinski definition) is 3. The van der Waals surface area contributed by atoms with Crippen molar-refractivity contribution in [2.75, 3.05) is 6.54 Å². The van der Waals surface area contributed by atoms with Gasteiger partial charge in [-0.1, -0.05) is 6.07 Å². The molecule has 0 aliphatic rings. The van der Waals surface area contributed by atoms with Gasteiger partial charge in [0, 0.05) is 13.0 Å². The number of phenolic OH excluding ortho intramolecular Hbond substituents is 2. The average molecular weight is 205 g/mol. The highest BCUT2D eigenvalue weighted by molar-refractivity contribution is 5.99. The molecule has 0 fully saturated rings. The lowest BCUT2D eigenvalue weighted by atomic mass is 10.1. The molecule has 4 heteroatoms. The van der Waals surface area contributed by atoms with Gasteiger partial charge in [-0.25, -0.2) is 0 Å². The van der Waals surface area contributed by atoms with E-state index in [1.807, 2.05) is 0 Å². The number of amides is 1. The second kappa shape index (κ2) is 4.91.